The monoisotopic (exact) mass is 344 g/mol. The number of hydrogen-bond donors (Lipinski definition) is 0. The zero-order chi connectivity index (χ0) is 17.6. The van der Waals surface area contributed by atoms with Gasteiger partial charge in [0.2, 0.25) is 11.8 Å². The minimum absolute atomic E-state index is 0.111. The predicted octanol–water partition coefficient (Wildman–Crippen LogP) is 3.08. The summed E-state index contributed by atoms with van der Waals surface area (Å²) in [5.41, 5.74) is 0. The minimum atomic E-state index is 0.111. The van der Waals surface area contributed by atoms with E-state index in [9.17, 15) is 9.59 Å². The van der Waals surface area contributed by atoms with Crippen LogP contribution in [0.5, 0.6) is 0 Å². The van der Waals surface area contributed by atoms with E-state index in [1.807, 2.05) is 4.90 Å². The molecule has 1 heterocycles. The lowest BCUT2D eigenvalue weighted by molar-refractivity contribution is -0.143. The van der Waals surface area contributed by atoms with Crippen molar-refractivity contribution in [2.24, 2.45) is 29.6 Å². The average Bonchev–Trinajstić information content (AvgIpc) is 3.26. The molecule has 4 rings (SSSR count). The van der Waals surface area contributed by atoms with Gasteiger partial charge in [0.1, 0.15) is 0 Å². The summed E-state index contributed by atoms with van der Waals surface area (Å²) < 4.78 is 0. The number of amides is 2. The van der Waals surface area contributed by atoms with Gasteiger partial charge in [-0.25, -0.2) is 0 Å². The van der Waals surface area contributed by atoms with Crippen molar-refractivity contribution in [3.05, 3.63) is 12.2 Å². The van der Waals surface area contributed by atoms with E-state index in [1.165, 1.54) is 12.8 Å². The van der Waals surface area contributed by atoms with Crippen LogP contribution < -0.4 is 0 Å². The van der Waals surface area contributed by atoms with Crippen LogP contribution in [-0.2, 0) is 9.59 Å². The summed E-state index contributed by atoms with van der Waals surface area (Å²) in [7, 11) is 0. The molecule has 2 bridgehead atoms. The normalized spacial score (nSPS) is 31.8. The number of hydrogen-bond acceptors (Lipinski definition) is 2. The lowest BCUT2D eigenvalue weighted by atomic mass is 9.90. The first-order valence-corrected chi connectivity index (χ1v) is 10.3. The fourth-order valence-corrected chi connectivity index (χ4v) is 5.08. The molecule has 0 spiro atoms. The molecule has 1 aliphatic heterocycles. The van der Waals surface area contributed by atoms with Gasteiger partial charge in [0.15, 0.2) is 0 Å². The number of nitrogens with zero attached hydrogens (tertiary/aromatic N) is 2. The van der Waals surface area contributed by atoms with Gasteiger partial charge in [-0.1, -0.05) is 12.2 Å². The number of carbonyl (C=O) groups is 2. The van der Waals surface area contributed by atoms with Gasteiger partial charge in [0.05, 0.1) is 0 Å². The van der Waals surface area contributed by atoms with Crippen LogP contribution in [0.2, 0.25) is 0 Å². The number of carbonyl (C=O) groups excluding carboxylic acids is 2. The molecule has 3 fully saturated rings. The van der Waals surface area contributed by atoms with Crippen molar-refractivity contribution in [3.63, 3.8) is 0 Å². The van der Waals surface area contributed by atoms with Gasteiger partial charge in [0.25, 0.3) is 0 Å². The Labute approximate surface area is 151 Å². The van der Waals surface area contributed by atoms with Crippen LogP contribution in [0.4, 0.5) is 0 Å². The molecule has 3 aliphatic carbocycles. The molecule has 0 aromatic rings. The molecular formula is C21H32N2O2. The lowest BCUT2D eigenvalue weighted by Gasteiger charge is -2.37. The summed E-state index contributed by atoms with van der Waals surface area (Å²) in [6, 6.07) is 0.265. The van der Waals surface area contributed by atoms with E-state index in [0.29, 0.717) is 29.6 Å². The highest BCUT2D eigenvalue weighted by Gasteiger charge is 2.40. The molecule has 4 heteroatoms. The van der Waals surface area contributed by atoms with Gasteiger partial charge in [-0.3, -0.25) is 9.59 Å². The van der Waals surface area contributed by atoms with E-state index in [4.69, 9.17) is 0 Å². The third-order valence-electron chi connectivity index (χ3n) is 6.84. The fourth-order valence-electron chi connectivity index (χ4n) is 5.08. The Bertz CT molecular complexity index is 558. The Kier molecular flexibility index (Phi) is 4.63. The lowest BCUT2D eigenvalue weighted by Crippen LogP contribution is -2.48. The summed E-state index contributed by atoms with van der Waals surface area (Å²) >= 11 is 0. The Morgan fingerprint density at radius 2 is 1.76 bits per heavy atom. The van der Waals surface area contributed by atoms with Crippen molar-refractivity contribution >= 4 is 11.8 Å². The maximum Gasteiger partial charge on any atom is 0.226 e. The smallest absolute Gasteiger partial charge is 0.226 e. The quantitative estimate of drug-likeness (QED) is 0.719. The van der Waals surface area contributed by atoms with Crippen LogP contribution in [0.3, 0.4) is 0 Å². The Morgan fingerprint density at radius 1 is 1.04 bits per heavy atom. The van der Waals surface area contributed by atoms with E-state index in [1.54, 1.807) is 0 Å². The fraction of sp³-hybridized carbons (Fsp3) is 0.810. The van der Waals surface area contributed by atoms with Gasteiger partial charge in [-0.05, 0) is 70.1 Å². The van der Waals surface area contributed by atoms with Crippen LogP contribution in [0.1, 0.15) is 52.4 Å². The SMILES string of the molecule is CC(C)N(C[C@H]1C[C@H]2C=C[C@H]1C2)C(=O)C1CCN(C(=O)C2CC2)CC1. The maximum atomic E-state index is 13.2. The first-order chi connectivity index (χ1) is 12.0. The number of fused-ring (bicyclic) bond motifs is 2. The Morgan fingerprint density at radius 3 is 2.28 bits per heavy atom. The summed E-state index contributed by atoms with van der Waals surface area (Å²) in [4.78, 5) is 29.5. The largest absolute Gasteiger partial charge is 0.342 e. The van der Waals surface area contributed by atoms with Crippen molar-refractivity contribution in [1.29, 1.82) is 0 Å². The molecule has 0 aromatic carbocycles. The van der Waals surface area contributed by atoms with E-state index >= 15 is 0 Å². The molecule has 0 radical (unpaired) electrons. The van der Waals surface area contributed by atoms with E-state index in [0.717, 1.165) is 51.2 Å². The highest BCUT2D eigenvalue weighted by Crippen LogP contribution is 2.44. The summed E-state index contributed by atoms with van der Waals surface area (Å²) in [5.74, 6) is 3.18. The Hall–Kier alpha value is -1.32. The molecule has 0 unspecified atom stereocenters. The topological polar surface area (TPSA) is 40.6 Å². The molecular weight excluding hydrogens is 312 g/mol. The van der Waals surface area contributed by atoms with Crippen molar-refractivity contribution in [1.82, 2.24) is 9.80 Å². The van der Waals surface area contributed by atoms with Gasteiger partial charge in [-0.2, -0.15) is 0 Å². The second kappa shape index (κ2) is 6.77. The molecule has 2 amide bonds. The van der Waals surface area contributed by atoms with Crippen LogP contribution in [-0.4, -0.2) is 47.3 Å². The van der Waals surface area contributed by atoms with Crippen LogP contribution in [0.25, 0.3) is 0 Å². The van der Waals surface area contributed by atoms with Crippen LogP contribution >= 0.6 is 0 Å². The van der Waals surface area contributed by atoms with E-state index in [-0.39, 0.29) is 12.0 Å². The number of likely N-dealkylation sites (tertiary alicyclic amines) is 1. The van der Waals surface area contributed by atoms with E-state index in [2.05, 4.69) is 30.9 Å². The molecule has 4 aliphatic rings. The zero-order valence-corrected chi connectivity index (χ0v) is 15.7. The predicted molar refractivity (Wildman–Crippen MR) is 97.7 cm³/mol. The molecule has 138 valence electrons. The molecule has 25 heavy (non-hydrogen) atoms. The number of rotatable bonds is 5. The van der Waals surface area contributed by atoms with Gasteiger partial charge in [-0.15, -0.1) is 0 Å². The minimum Gasteiger partial charge on any atom is -0.342 e. The molecule has 3 atom stereocenters. The third-order valence-corrected chi connectivity index (χ3v) is 6.84. The Balaban J connectivity index is 1.33. The van der Waals surface area contributed by atoms with Gasteiger partial charge in [0, 0.05) is 37.5 Å². The van der Waals surface area contributed by atoms with Gasteiger partial charge >= 0.3 is 0 Å². The van der Waals surface area contributed by atoms with Crippen molar-refractivity contribution < 1.29 is 9.59 Å². The summed E-state index contributed by atoms with van der Waals surface area (Å²) in [6.45, 7) is 6.76. The van der Waals surface area contributed by atoms with E-state index < -0.39 is 0 Å². The molecule has 4 nitrogen and oxygen atoms in total. The standard InChI is InChI=1S/C21H32N2O2/c1-14(2)23(13-19-12-15-3-4-18(19)11-15)21(25)17-7-9-22(10-8-17)20(24)16-5-6-16/h3-4,14-19H,5-13H2,1-2H3/t15-,18-,19+/m0/s1. The third kappa shape index (κ3) is 3.50. The number of piperidine rings is 1. The van der Waals surface area contributed by atoms with Crippen LogP contribution in [0.15, 0.2) is 12.2 Å². The van der Waals surface area contributed by atoms with Crippen molar-refractivity contribution in [3.8, 4) is 0 Å². The second-order valence-corrected chi connectivity index (χ2v) is 9.00. The van der Waals surface area contributed by atoms with Crippen LogP contribution in [0, 0.1) is 29.6 Å². The van der Waals surface area contributed by atoms with Crippen molar-refractivity contribution in [2.75, 3.05) is 19.6 Å². The zero-order valence-electron chi connectivity index (χ0n) is 15.7. The average molecular weight is 344 g/mol. The summed E-state index contributed by atoms with van der Waals surface area (Å²) in [5, 5.41) is 0. The second-order valence-electron chi connectivity index (χ2n) is 9.00. The first kappa shape index (κ1) is 17.1. The maximum absolute atomic E-state index is 13.2. The molecule has 1 saturated heterocycles. The molecule has 2 saturated carbocycles. The summed E-state index contributed by atoms with van der Waals surface area (Å²) in [6.07, 6.45) is 11.1. The number of allylic oxidation sites excluding steroid dienone is 2. The highest BCUT2D eigenvalue weighted by atomic mass is 16.2. The molecule has 0 aromatic heterocycles. The molecule has 0 N–H and O–H groups in total. The van der Waals surface area contributed by atoms with Crippen molar-refractivity contribution in [2.45, 2.75) is 58.4 Å². The highest BCUT2D eigenvalue weighted by molar-refractivity contribution is 5.82. The first-order valence-electron chi connectivity index (χ1n) is 10.3. The van der Waals surface area contributed by atoms with Gasteiger partial charge < -0.3 is 9.80 Å².